The van der Waals surface area contributed by atoms with Crippen molar-refractivity contribution in [3.8, 4) is 5.75 Å². The van der Waals surface area contributed by atoms with E-state index in [-0.39, 0.29) is 35.6 Å². The molecule has 4 atom stereocenters. The third-order valence-corrected chi connectivity index (χ3v) is 9.19. The molecule has 2 amide bonds. The number of anilines is 1. The summed E-state index contributed by atoms with van der Waals surface area (Å²) in [5.41, 5.74) is 3.84. The monoisotopic (exact) mass is 541 g/mol. The van der Waals surface area contributed by atoms with Gasteiger partial charge in [0.15, 0.2) is 11.6 Å². The molecule has 1 heterocycles. The molecule has 7 rings (SSSR count). The van der Waals surface area contributed by atoms with E-state index in [0.29, 0.717) is 34.4 Å². The van der Waals surface area contributed by atoms with Crippen LogP contribution in [-0.2, 0) is 19.2 Å². The number of ketones is 2. The molecule has 1 saturated heterocycles. The number of Topliss-reactive ketones (excluding diaryl/α,β-unsaturated/α-hetero) is 1. The minimum absolute atomic E-state index is 0.0226. The number of hydrogen-bond donors (Lipinski definition) is 1. The fourth-order valence-electron chi connectivity index (χ4n) is 7.29. The number of phenolic OH excluding ortho intramolecular Hbond substituents is 1. The van der Waals surface area contributed by atoms with Crippen LogP contribution in [0.5, 0.6) is 5.75 Å². The lowest BCUT2D eigenvalue weighted by atomic mass is 9.59. The fraction of sp³-hybridized carbons (Fsp3) is 0.200. The summed E-state index contributed by atoms with van der Waals surface area (Å²) >= 11 is 0. The molecule has 0 aromatic heterocycles. The number of aromatic hydroxyl groups is 1. The van der Waals surface area contributed by atoms with Gasteiger partial charge in [0.25, 0.3) is 0 Å². The van der Waals surface area contributed by atoms with Crippen LogP contribution in [0.1, 0.15) is 36.8 Å². The van der Waals surface area contributed by atoms with E-state index in [0.717, 1.165) is 21.9 Å². The molecule has 4 aliphatic rings. The van der Waals surface area contributed by atoms with Crippen molar-refractivity contribution in [1.29, 1.82) is 0 Å². The Morgan fingerprint density at radius 1 is 0.927 bits per heavy atom. The van der Waals surface area contributed by atoms with Crippen molar-refractivity contribution in [3.63, 3.8) is 0 Å². The van der Waals surface area contributed by atoms with Gasteiger partial charge in [-0.25, -0.2) is 0 Å². The van der Waals surface area contributed by atoms with E-state index in [4.69, 9.17) is 0 Å². The fourth-order valence-corrected chi connectivity index (χ4v) is 7.29. The summed E-state index contributed by atoms with van der Waals surface area (Å²) in [6, 6.07) is 18.2. The molecule has 0 unspecified atom stereocenters. The van der Waals surface area contributed by atoms with Gasteiger partial charge >= 0.3 is 0 Å². The molecule has 202 valence electrons. The van der Waals surface area contributed by atoms with Crippen LogP contribution in [-0.4, -0.2) is 28.5 Å². The molecule has 1 N–H and O–H groups in total. The van der Waals surface area contributed by atoms with Gasteiger partial charge in [-0.2, -0.15) is 0 Å². The number of amides is 2. The highest BCUT2D eigenvalue weighted by Gasteiger charge is 2.57. The predicted molar refractivity (Wildman–Crippen MR) is 156 cm³/mol. The maximum absolute atomic E-state index is 14.1. The van der Waals surface area contributed by atoms with E-state index in [1.807, 2.05) is 48.5 Å². The molecule has 1 fully saturated rings. The number of imide groups is 1. The van der Waals surface area contributed by atoms with Crippen molar-refractivity contribution >= 4 is 45.9 Å². The van der Waals surface area contributed by atoms with Crippen molar-refractivity contribution in [2.75, 3.05) is 4.90 Å². The summed E-state index contributed by atoms with van der Waals surface area (Å²) in [5.74, 6) is -3.42. The van der Waals surface area contributed by atoms with Crippen LogP contribution in [0.4, 0.5) is 5.69 Å². The minimum Gasteiger partial charge on any atom is -0.508 e. The van der Waals surface area contributed by atoms with Gasteiger partial charge in [0.1, 0.15) is 5.75 Å². The van der Waals surface area contributed by atoms with Crippen molar-refractivity contribution in [1.82, 2.24) is 0 Å². The molecule has 3 aliphatic carbocycles. The van der Waals surface area contributed by atoms with Crippen molar-refractivity contribution in [2.24, 2.45) is 17.8 Å². The van der Waals surface area contributed by atoms with Gasteiger partial charge in [0.2, 0.25) is 11.8 Å². The predicted octanol–water partition coefficient (Wildman–Crippen LogP) is 5.82. The zero-order valence-corrected chi connectivity index (χ0v) is 22.5. The van der Waals surface area contributed by atoms with Crippen LogP contribution in [0.15, 0.2) is 102 Å². The number of rotatable bonds is 3. The molecule has 0 bridgehead atoms. The van der Waals surface area contributed by atoms with Crippen molar-refractivity contribution in [2.45, 2.75) is 25.7 Å². The Kier molecular flexibility index (Phi) is 5.58. The number of hydrogen-bond acceptors (Lipinski definition) is 5. The van der Waals surface area contributed by atoms with E-state index < -0.39 is 23.7 Å². The van der Waals surface area contributed by atoms with Crippen LogP contribution in [0.2, 0.25) is 0 Å². The van der Waals surface area contributed by atoms with Crippen LogP contribution in [0.25, 0.3) is 16.8 Å². The Morgan fingerprint density at radius 3 is 2.44 bits per heavy atom. The van der Waals surface area contributed by atoms with Crippen LogP contribution >= 0.6 is 0 Å². The first-order chi connectivity index (χ1) is 19.8. The first-order valence-electron chi connectivity index (χ1n) is 13.8. The maximum Gasteiger partial charge on any atom is 0.238 e. The summed E-state index contributed by atoms with van der Waals surface area (Å²) in [6.45, 7) is 5.40. The zero-order valence-electron chi connectivity index (χ0n) is 22.5. The second kappa shape index (κ2) is 9.10. The SMILES string of the molecule is C=Cc1ccc(N2C(=O)[C@H]3[C@H](CC=C4[C@H](c5c(O)ccc6ccccc56)C5=C(C[C@H]43)C(=O)C=C(C)C5=O)C2=O)cc1. The van der Waals surface area contributed by atoms with Gasteiger partial charge in [-0.1, -0.05) is 66.8 Å². The van der Waals surface area contributed by atoms with Crippen molar-refractivity contribution < 1.29 is 24.3 Å². The maximum atomic E-state index is 14.1. The smallest absolute Gasteiger partial charge is 0.238 e. The lowest BCUT2D eigenvalue weighted by Crippen LogP contribution is -2.40. The molecule has 41 heavy (non-hydrogen) atoms. The van der Waals surface area contributed by atoms with Crippen LogP contribution < -0.4 is 4.90 Å². The molecule has 0 radical (unpaired) electrons. The highest BCUT2D eigenvalue weighted by atomic mass is 16.3. The number of carbonyl (C=O) groups is 4. The Hall–Kier alpha value is -4.84. The second-order valence-corrected chi connectivity index (χ2v) is 11.3. The number of fused-ring (bicyclic) bond motifs is 4. The van der Waals surface area contributed by atoms with Gasteiger partial charge in [0, 0.05) is 28.2 Å². The zero-order chi connectivity index (χ0) is 28.6. The van der Waals surface area contributed by atoms with E-state index in [9.17, 15) is 24.3 Å². The lowest BCUT2D eigenvalue weighted by molar-refractivity contribution is -0.123. The molecule has 3 aromatic carbocycles. The number of phenols is 1. The van der Waals surface area contributed by atoms with Gasteiger partial charge < -0.3 is 5.11 Å². The average molecular weight is 542 g/mol. The van der Waals surface area contributed by atoms with Crippen molar-refractivity contribution in [3.05, 3.63) is 113 Å². The number of benzene rings is 3. The summed E-state index contributed by atoms with van der Waals surface area (Å²) in [7, 11) is 0. The second-order valence-electron chi connectivity index (χ2n) is 11.3. The normalized spacial score (nSPS) is 25.5. The van der Waals surface area contributed by atoms with Gasteiger partial charge in [-0.3, -0.25) is 24.1 Å². The first kappa shape index (κ1) is 25.1. The molecular weight excluding hydrogens is 514 g/mol. The van der Waals surface area contributed by atoms with E-state index >= 15 is 0 Å². The van der Waals surface area contributed by atoms with E-state index in [1.165, 1.54) is 11.0 Å². The quantitative estimate of drug-likeness (QED) is 0.256. The molecule has 0 saturated carbocycles. The average Bonchev–Trinajstić information content (AvgIpc) is 3.24. The number of allylic oxidation sites excluding steroid dienone is 6. The molecule has 6 nitrogen and oxygen atoms in total. The molecule has 1 aliphatic heterocycles. The van der Waals surface area contributed by atoms with E-state index in [2.05, 4.69) is 6.58 Å². The van der Waals surface area contributed by atoms with Crippen LogP contribution in [0.3, 0.4) is 0 Å². The third-order valence-electron chi connectivity index (χ3n) is 9.19. The third kappa shape index (κ3) is 3.56. The summed E-state index contributed by atoms with van der Waals surface area (Å²) in [4.78, 5) is 56.2. The number of carbonyl (C=O) groups excluding carboxylic acids is 4. The Balaban J connectivity index is 1.41. The Labute approximate surface area is 237 Å². The summed E-state index contributed by atoms with van der Waals surface area (Å²) < 4.78 is 0. The molecule has 6 heteroatoms. The number of nitrogens with zero attached hydrogens (tertiary/aromatic N) is 1. The molecule has 0 spiro atoms. The van der Waals surface area contributed by atoms with Gasteiger partial charge in [0.05, 0.1) is 17.5 Å². The highest BCUT2D eigenvalue weighted by molar-refractivity contribution is 6.25. The standard InChI is InChI=1S/C35H27NO5/c1-3-19-8-11-21(12-9-19)36-34(40)24-14-13-23-25(29(24)35(36)41)17-26-28(38)16-18(2)33(39)32(26)31(23)30-22-7-5-4-6-20(22)10-15-27(30)37/h3-13,15-16,24-25,29,31,37H,1,14,17H2,2H3/t24-,25+,29-,31+/m0/s1. The minimum atomic E-state index is -0.709. The lowest BCUT2D eigenvalue weighted by Gasteiger charge is -2.42. The highest BCUT2D eigenvalue weighted by Crippen LogP contribution is 2.57. The summed E-state index contributed by atoms with van der Waals surface area (Å²) in [5, 5.41) is 12.9. The topological polar surface area (TPSA) is 91.8 Å². The molecule has 3 aromatic rings. The Bertz CT molecular complexity index is 1820. The molecular formula is C35H27NO5. The largest absolute Gasteiger partial charge is 0.508 e. The van der Waals surface area contributed by atoms with Crippen LogP contribution in [0, 0.1) is 17.8 Å². The Morgan fingerprint density at radius 2 is 1.68 bits per heavy atom. The summed E-state index contributed by atoms with van der Waals surface area (Å²) in [6.07, 6.45) is 5.57. The van der Waals surface area contributed by atoms with E-state index in [1.54, 1.807) is 31.2 Å². The van der Waals surface area contributed by atoms with Gasteiger partial charge in [-0.05, 0) is 66.3 Å². The first-order valence-corrected chi connectivity index (χ1v) is 13.8. The van der Waals surface area contributed by atoms with Gasteiger partial charge in [-0.15, -0.1) is 0 Å².